The van der Waals surface area contributed by atoms with Gasteiger partial charge in [-0.2, -0.15) is 65.9 Å². The van der Waals surface area contributed by atoms with Gasteiger partial charge in [-0.3, -0.25) is 4.79 Å². The summed E-state index contributed by atoms with van der Waals surface area (Å²) in [6.07, 6.45) is -8.68. The maximum absolute atomic E-state index is 13.8. The molecule has 0 bridgehead atoms. The molecule has 0 spiro atoms. The molecule has 0 aliphatic rings. The third-order valence-corrected chi connectivity index (χ3v) is 4.76. The molecule has 0 rings (SSSR count). The van der Waals surface area contributed by atoms with Crippen molar-refractivity contribution in [3.63, 3.8) is 0 Å². The molecule has 1 amide bonds. The number of carbonyl (C=O) groups excluding carboxylic acids is 2. The van der Waals surface area contributed by atoms with E-state index in [0.29, 0.717) is 0 Å². The third-order valence-electron chi connectivity index (χ3n) is 4.76. The van der Waals surface area contributed by atoms with Crippen LogP contribution in [0.5, 0.6) is 0 Å². The van der Waals surface area contributed by atoms with Crippen LogP contribution in [0.3, 0.4) is 0 Å². The first-order valence-electron chi connectivity index (χ1n) is 10.1. The van der Waals surface area contributed by atoms with Gasteiger partial charge in [0, 0.05) is 13.0 Å². The molecule has 0 saturated carbocycles. The number of ether oxygens (including phenoxy) is 1. The van der Waals surface area contributed by atoms with Crippen LogP contribution in [0.15, 0.2) is 0 Å². The zero-order valence-corrected chi connectivity index (χ0v) is 19.7. The molecule has 5 nitrogen and oxygen atoms in total. The molecule has 0 fully saturated rings. The van der Waals surface area contributed by atoms with Crippen molar-refractivity contribution < 1.29 is 84.7 Å². The third kappa shape index (κ3) is 6.52. The number of carbonyl (C=O) groups is 2. The Morgan fingerprint density at radius 2 is 1.11 bits per heavy atom. The summed E-state index contributed by atoms with van der Waals surface area (Å²) in [7, 11) is 2.73. The van der Waals surface area contributed by atoms with Crippen LogP contribution in [-0.4, -0.2) is 97.9 Å². The predicted octanol–water partition coefficient (Wildman–Crippen LogP) is 4.89. The molecule has 0 heterocycles. The normalized spacial score (nSPS) is 15.1. The van der Waals surface area contributed by atoms with Gasteiger partial charge in [0.25, 0.3) is 5.91 Å². The monoisotopic (exact) mass is 599 g/mol. The summed E-state index contributed by atoms with van der Waals surface area (Å²) < 4.78 is 202. The first kappa shape index (κ1) is 35.9. The highest BCUT2D eigenvalue weighted by atomic mass is 19.4. The van der Waals surface area contributed by atoms with Crippen LogP contribution in [0, 0.1) is 0 Å². The Kier molecular flexibility index (Phi) is 10.2. The zero-order valence-electron chi connectivity index (χ0n) is 19.7. The minimum absolute atomic E-state index is 0.206. The molecule has 38 heavy (non-hydrogen) atoms. The number of hydrogen-bond donors (Lipinski definition) is 1. The summed E-state index contributed by atoms with van der Waals surface area (Å²) in [5, 5.41) is 0.915. The Labute approximate surface area is 204 Å². The van der Waals surface area contributed by atoms with Crippen molar-refractivity contribution in [3.8, 4) is 0 Å². The van der Waals surface area contributed by atoms with Gasteiger partial charge in [-0.1, -0.05) is 0 Å². The van der Waals surface area contributed by atoms with Crippen molar-refractivity contribution in [3.05, 3.63) is 0 Å². The summed E-state index contributed by atoms with van der Waals surface area (Å²) in [5.74, 6) is -52.4. The second kappa shape index (κ2) is 10.8. The van der Waals surface area contributed by atoms with Gasteiger partial charge < -0.3 is 14.5 Å². The summed E-state index contributed by atoms with van der Waals surface area (Å²) in [6.45, 7) is 1.40. The maximum atomic E-state index is 13.8. The summed E-state index contributed by atoms with van der Waals surface area (Å²) in [6, 6.07) is 0. The number of nitrogens with zero attached hydrogens (tertiary/aromatic N) is 1. The van der Waals surface area contributed by atoms with Crippen molar-refractivity contribution in [2.75, 3.05) is 33.7 Å². The topological polar surface area (TPSA) is 55.4 Å². The number of hydrogen-bond acceptors (Lipinski definition) is 3. The molecule has 0 aliphatic carbocycles. The minimum Gasteiger partial charge on any atom is -0.459 e. The van der Waals surface area contributed by atoms with Gasteiger partial charge in [0.1, 0.15) is 0 Å². The Morgan fingerprint density at radius 3 is 1.50 bits per heavy atom. The van der Waals surface area contributed by atoms with Crippen LogP contribution >= 0.6 is 0 Å². The van der Waals surface area contributed by atoms with Gasteiger partial charge in [-0.15, -0.1) is 0 Å². The predicted molar refractivity (Wildman–Crippen MR) is 96.4 cm³/mol. The number of halogens is 15. The van der Waals surface area contributed by atoms with Gasteiger partial charge in [0.05, 0.1) is 26.7 Å². The van der Waals surface area contributed by atoms with E-state index in [2.05, 4.69) is 0 Å². The Bertz CT molecular complexity index is 854. The largest absolute Gasteiger partial charge is 0.460 e. The van der Waals surface area contributed by atoms with E-state index < -0.39 is 72.7 Å². The number of quaternary nitrogens is 1. The summed E-state index contributed by atoms with van der Waals surface area (Å²) >= 11 is 0. The number of likely N-dealkylation sites (N-methyl/N-ethyl adjacent to an activating group) is 1. The lowest BCUT2D eigenvalue weighted by Crippen LogP contribution is -2.74. The fraction of sp³-hybridized carbons (Fsp3) is 0.889. The number of nitrogens with one attached hydrogen (secondary N) is 1. The van der Waals surface area contributed by atoms with Crippen LogP contribution < -0.4 is 5.32 Å². The van der Waals surface area contributed by atoms with E-state index in [4.69, 9.17) is 4.74 Å². The van der Waals surface area contributed by atoms with Gasteiger partial charge in [-0.25, -0.2) is 4.79 Å². The van der Waals surface area contributed by atoms with Crippen molar-refractivity contribution in [2.45, 2.75) is 68.1 Å². The number of rotatable bonds is 13. The van der Waals surface area contributed by atoms with Gasteiger partial charge in [-0.05, 0) is 13.8 Å². The molecule has 0 aliphatic heterocycles. The van der Waals surface area contributed by atoms with E-state index in [1.807, 2.05) is 0 Å². The molecule has 20 heteroatoms. The van der Waals surface area contributed by atoms with Crippen molar-refractivity contribution in [1.29, 1.82) is 0 Å². The summed E-state index contributed by atoms with van der Waals surface area (Å²) in [5.41, 5.74) is 0. The van der Waals surface area contributed by atoms with Crippen molar-refractivity contribution in [2.24, 2.45) is 0 Å². The van der Waals surface area contributed by atoms with Crippen LogP contribution in [0.25, 0.3) is 0 Å². The molecule has 0 aromatic heterocycles. The Morgan fingerprint density at radius 1 is 0.711 bits per heavy atom. The summed E-state index contributed by atoms with van der Waals surface area (Å²) in [4.78, 5) is 23.0. The van der Waals surface area contributed by atoms with E-state index in [1.54, 1.807) is 0 Å². The van der Waals surface area contributed by atoms with Crippen LogP contribution in [0.2, 0.25) is 0 Å². The molecule has 0 atom stereocenters. The highest BCUT2D eigenvalue weighted by Gasteiger charge is 2.94. The van der Waals surface area contributed by atoms with Gasteiger partial charge >= 0.3 is 47.7 Å². The fourth-order valence-electron chi connectivity index (χ4n) is 2.66. The molecular formula is C18H22F15N2O3+. The first-order valence-corrected chi connectivity index (χ1v) is 10.1. The van der Waals surface area contributed by atoms with E-state index in [0.717, 1.165) is 5.32 Å². The smallest absolute Gasteiger partial charge is 0.459 e. The second-order valence-corrected chi connectivity index (χ2v) is 8.91. The molecule has 0 aromatic carbocycles. The minimum atomic E-state index is -8.46. The maximum Gasteiger partial charge on any atom is 0.460 e. The molecule has 226 valence electrons. The van der Waals surface area contributed by atoms with Crippen LogP contribution in [0.4, 0.5) is 65.9 Å². The zero-order chi connectivity index (χ0) is 31.0. The molecule has 0 unspecified atom stereocenters. The lowest BCUT2D eigenvalue weighted by molar-refractivity contribution is -0.883. The number of alkyl halides is 15. The molecular weight excluding hydrogens is 577 g/mol. The van der Waals surface area contributed by atoms with E-state index in [1.165, 1.54) is 27.9 Å². The molecule has 0 radical (unpaired) electrons. The molecule has 0 saturated heterocycles. The molecule has 1 N–H and O–H groups in total. The van der Waals surface area contributed by atoms with Crippen molar-refractivity contribution in [1.82, 2.24) is 5.32 Å². The lowest BCUT2D eigenvalue weighted by atomic mass is 9.91. The average Bonchev–Trinajstić information content (AvgIpc) is 2.68. The molecule has 0 aromatic rings. The van der Waals surface area contributed by atoms with Crippen LogP contribution in [-0.2, 0) is 14.3 Å². The SMILES string of the molecule is CC(C)OC(=O)C[N+](C)(C)CCCNC(=O)C(F)(F)C(F)(F)C(F)(F)C(F)(F)C(F)(F)C(F)(F)C(F)(F)F. The highest BCUT2D eigenvalue weighted by molar-refractivity contribution is 5.84. The fourth-order valence-corrected chi connectivity index (χ4v) is 2.66. The second-order valence-electron chi connectivity index (χ2n) is 8.91. The lowest BCUT2D eigenvalue weighted by Gasteiger charge is -2.41. The average molecular weight is 599 g/mol. The number of esters is 1. The Balaban J connectivity index is 5.73. The Hall–Kier alpha value is -2.15. The van der Waals surface area contributed by atoms with Crippen LogP contribution in [0.1, 0.15) is 20.3 Å². The first-order chi connectivity index (χ1) is 16.4. The quantitative estimate of drug-likeness (QED) is 0.142. The highest BCUT2D eigenvalue weighted by Crippen LogP contribution is 2.62. The standard InChI is InChI=1S/C18H21F15N2O3/c1-9(2)38-10(36)8-35(3,4)7-5-6-34-11(37)12(19,20)13(21,22)14(23,24)15(25,26)16(27,28)17(29,30)18(31,32)33/h9H,5-8H2,1-4H3/p+1. The van der Waals surface area contributed by atoms with E-state index in [9.17, 15) is 75.4 Å². The van der Waals surface area contributed by atoms with Crippen molar-refractivity contribution >= 4 is 11.9 Å². The van der Waals surface area contributed by atoms with E-state index >= 15 is 0 Å². The van der Waals surface area contributed by atoms with E-state index in [-0.39, 0.29) is 17.6 Å². The number of amides is 1. The van der Waals surface area contributed by atoms with Gasteiger partial charge in [0.15, 0.2) is 6.54 Å². The van der Waals surface area contributed by atoms with Gasteiger partial charge in [0.2, 0.25) is 0 Å².